The van der Waals surface area contributed by atoms with Crippen LogP contribution in [0.2, 0.25) is 5.82 Å². The zero-order chi connectivity index (χ0) is 24.6. The largest absolute Gasteiger partial charge is 0.741 e. The van der Waals surface area contributed by atoms with Crippen LogP contribution in [0.25, 0.3) is 0 Å². The van der Waals surface area contributed by atoms with E-state index in [9.17, 15) is 22.8 Å². The van der Waals surface area contributed by atoms with Crippen molar-refractivity contribution >= 4 is 84.6 Å². The standard InChI is InChI=1S/C18H13O2S4Se.CHF3O3S/c1-25-18-23-16(21-14(19)12-8-4-2-5-9-12)17(24-18)22-15(20)13-10-6-3-7-11-13;2-1(3,4)8(5,6)7/h2-11H,1H3;(H,5,6,7)/q+1;/p-1. The zero-order valence-corrected chi connectivity index (χ0v) is 22.2. The first-order chi connectivity index (χ1) is 15.4. The van der Waals surface area contributed by atoms with E-state index in [0.717, 1.165) is 8.42 Å². The quantitative estimate of drug-likeness (QED) is 0.125. The van der Waals surface area contributed by atoms with Crippen LogP contribution in [0.15, 0.2) is 69.1 Å². The van der Waals surface area contributed by atoms with E-state index in [2.05, 4.69) is 5.82 Å². The van der Waals surface area contributed by atoms with Gasteiger partial charge in [0.25, 0.3) is 0 Å². The molecule has 1 heterocycles. The Morgan fingerprint density at radius 1 is 0.939 bits per heavy atom. The number of alkyl halides is 3. The monoisotopic (exact) mass is 618 g/mol. The summed E-state index contributed by atoms with van der Waals surface area (Å²) in [4.78, 5) is 25.0. The molecule has 0 spiro atoms. The summed E-state index contributed by atoms with van der Waals surface area (Å²) in [5, 5.41) is 0.0256. The summed E-state index contributed by atoms with van der Waals surface area (Å²) in [6, 6.07) is 18.5. The van der Waals surface area contributed by atoms with Gasteiger partial charge in [0, 0.05) is 0 Å². The van der Waals surface area contributed by atoms with Crippen LogP contribution in [0.3, 0.4) is 0 Å². The molecule has 0 radical (unpaired) electrons. The summed E-state index contributed by atoms with van der Waals surface area (Å²) < 4.78 is 62.0. The van der Waals surface area contributed by atoms with Crippen molar-refractivity contribution < 1.29 is 35.7 Å². The molecule has 0 fully saturated rings. The Kier molecular flexibility index (Phi) is 10.6. The number of halogens is 3. The summed E-state index contributed by atoms with van der Waals surface area (Å²) in [6.07, 6.45) is 0. The van der Waals surface area contributed by atoms with Crippen molar-refractivity contribution in [2.75, 3.05) is 0 Å². The normalized spacial score (nSPS) is 11.4. The van der Waals surface area contributed by atoms with Crippen molar-refractivity contribution in [3.05, 3.63) is 71.8 Å². The average molecular weight is 618 g/mol. The third-order valence-corrected chi connectivity index (χ3v) is 12.2. The second-order valence-corrected chi connectivity index (χ2v) is 14.7. The SMILES string of the molecule is C[Se]c1sc(SC(=O)c2ccccc2)c(SC(=O)c2ccccc2)[s+]1.O=S(=O)([O-])C(F)(F)F. The Morgan fingerprint density at radius 2 is 1.36 bits per heavy atom. The van der Waals surface area contributed by atoms with Crippen molar-refractivity contribution in [2.45, 2.75) is 19.7 Å². The minimum atomic E-state index is -6.09. The number of hydrogen-bond donors (Lipinski definition) is 0. The number of benzene rings is 2. The van der Waals surface area contributed by atoms with Gasteiger partial charge in [-0.25, -0.2) is 8.42 Å². The molecule has 0 amide bonds. The van der Waals surface area contributed by atoms with Gasteiger partial charge in [-0.3, -0.25) is 0 Å². The molecule has 0 bridgehead atoms. The second-order valence-electron chi connectivity index (χ2n) is 5.64. The van der Waals surface area contributed by atoms with Gasteiger partial charge in [-0.2, -0.15) is 13.2 Å². The van der Waals surface area contributed by atoms with Crippen LogP contribution in [-0.4, -0.2) is 43.7 Å². The number of hydrogen-bond acceptors (Lipinski definition) is 8. The van der Waals surface area contributed by atoms with Crippen molar-refractivity contribution in [3.63, 3.8) is 0 Å². The minimum Gasteiger partial charge on any atom is -0.741 e. The van der Waals surface area contributed by atoms with Gasteiger partial charge in [0.15, 0.2) is 10.1 Å². The fourth-order valence-electron chi connectivity index (χ4n) is 1.90. The van der Waals surface area contributed by atoms with Crippen LogP contribution in [0.4, 0.5) is 13.2 Å². The summed E-state index contributed by atoms with van der Waals surface area (Å²) in [7, 11) is -6.09. The molecule has 1 aromatic heterocycles. The third-order valence-electron chi connectivity index (χ3n) is 3.36. The van der Waals surface area contributed by atoms with Crippen molar-refractivity contribution in [3.8, 4) is 0 Å². The molecule has 3 aromatic rings. The number of carbonyl (C=O) groups excluding carboxylic acids is 2. The first kappa shape index (κ1) is 28.0. The Balaban J connectivity index is 0.000000414. The van der Waals surface area contributed by atoms with Gasteiger partial charge < -0.3 is 4.55 Å². The number of thioether (sulfide) groups is 2. The van der Waals surface area contributed by atoms with Gasteiger partial charge >= 0.3 is 176 Å². The van der Waals surface area contributed by atoms with Gasteiger partial charge in [-0.05, 0) is 0 Å². The maximum absolute atomic E-state index is 12.5. The van der Waals surface area contributed by atoms with Gasteiger partial charge in [0.2, 0.25) is 0 Å². The van der Waals surface area contributed by atoms with Crippen molar-refractivity contribution in [2.24, 2.45) is 0 Å². The van der Waals surface area contributed by atoms with Crippen LogP contribution in [0, 0.1) is 0 Å². The van der Waals surface area contributed by atoms with E-state index in [0.29, 0.717) is 26.1 Å². The molecule has 0 N–H and O–H groups in total. The Bertz CT molecular complexity index is 1130. The predicted octanol–water partition coefficient (Wildman–Crippen LogP) is 5.38. The first-order valence-electron chi connectivity index (χ1n) is 8.50. The molecule has 3 rings (SSSR count). The summed E-state index contributed by atoms with van der Waals surface area (Å²) in [5.74, 6) is 2.15. The van der Waals surface area contributed by atoms with Gasteiger partial charge in [-0.1, -0.05) is 0 Å². The molecule has 0 aliphatic heterocycles. The summed E-state index contributed by atoms with van der Waals surface area (Å²) >= 11 is 6.07. The molecular weight excluding hydrogens is 604 g/mol. The molecule has 0 unspecified atom stereocenters. The first-order valence-corrected chi connectivity index (χ1v) is 15.7. The molecular formula is C19H13F3O5S5Se. The van der Waals surface area contributed by atoms with Crippen molar-refractivity contribution in [1.29, 1.82) is 0 Å². The van der Waals surface area contributed by atoms with E-state index in [4.69, 9.17) is 13.0 Å². The molecule has 0 saturated carbocycles. The van der Waals surface area contributed by atoms with Crippen LogP contribution in [0.1, 0.15) is 20.7 Å². The van der Waals surface area contributed by atoms with Gasteiger partial charge in [-0.15, -0.1) is 0 Å². The Morgan fingerprint density at radius 3 is 1.76 bits per heavy atom. The van der Waals surface area contributed by atoms with E-state index in [1.807, 2.05) is 60.7 Å². The average Bonchev–Trinajstić information content (AvgIpc) is 3.15. The fourth-order valence-corrected chi connectivity index (χ4v) is 9.63. The maximum Gasteiger partial charge on any atom is 0.485 e. The summed E-state index contributed by atoms with van der Waals surface area (Å²) in [6.45, 7) is 0. The van der Waals surface area contributed by atoms with E-state index in [1.54, 1.807) is 22.7 Å². The van der Waals surface area contributed by atoms with Crippen LogP contribution < -0.4 is 3.09 Å². The Labute approximate surface area is 210 Å². The van der Waals surface area contributed by atoms with Crippen molar-refractivity contribution in [1.82, 2.24) is 0 Å². The predicted molar refractivity (Wildman–Crippen MR) is 127 cm³/mol. The van der Waals surface area contributed by atoms with Crippen LogP contribution >= 0.6 is 46.2 Å². The van der Waals surface area contributed by atoms with E-state index >= 15 is 0 Å². The van der Waals surface area contributed by atoms with Gasteiger partial charge in [0.05, 0.1) is 0 Å². The fraction of sp³-hybridized carbons (Fsp3) is 0.105. The smallest absolute Gasteiger partial charge is 0.485 e. The molecule has 0 aliphatic carbocycles. The molecule has 0 aliphatic rings. The molecule has 33 heavy (non-hydrogen) atoms. The molecule has 14 heteroatoms. The second kappa shape index (κ2) is 12.5. The van der Waals surface area contributed by atoms with Gasteiger partial charge in [0.1, 0.15) is 0 Å². The molecule has 2 aromatic carbocycles. The number of carbonyl (C=O) groups is 2. The van der Waals surface area contributed by atoms with E-state index in [1.165, 1.54) is 26.6 Å². The maximum atomic E-state index is 12.5. The minimum absolute atomic E-state index is 0.0128. The van der Waals surface area contributed by atoms with E-state index in [-0.39, 0.29) is 10.2 Å². The van der Waals surface area contributed by atoms with Crippen LogP contribution in [-0.2, 0) is 10.1 Å². The topological polar surface area (TPSA) is 91.3 Å². The molecule has 0 atom stereocenters. The zero-order valence-electron chi connectivity index (χ0n) is 16.4. The molecule has 0 saturated heterocycles. The van der Waals surface area contributed by atoms with E-state index < -0.39 is 15.6 Å². The molecule has 176 valence electrons. The van der Waals surface area contributed by atoms with Crippen LogP contribution in [0.5, 0.6) is 0 Å². The molecule has 5 nitrogen and oxygen atoms in total. The number of rotatable bonds is 5. The Hall–Kier alpha value is -1.25. The summed E-state index contributed by atoms with van der Waals surface area (Å²) in [5.41, 5.74) is -4.29. The third kappa shape index (κ3) is 8.80.